The molecule has 39 heavy (non-hydrogen) atoms. The van der Waals surface area contributed by atoms with E-state index in [4.69, 9.17) is 4.74 Å². The molecule has 2 aliphatic carbocycles. The lowest BCUT2D eigenvalue weighted by Crippen LogP contribution is -2.66. The van der Waals surface area contributed by atoms with E-state index in [9.17, 15) is 14.4 Å². The molecule has 0 aromatic carbocycles. The second-order valence-corrected chi connectivity index (χ2v) is 11.9. The Morgan fingerprint density at radius 3 is 2.49 bits per heavy atom. The molecule has 1 aromatic heterocycles. The Hall–Kier alpha value is -3.00. The summed E-state index contributed by atoms with van der Waals surface area (Å²) in [4.78, 5) is 42.9. The number of carbonyl (C=O) groups excluding carboxylic acids is 3. The average Bonchev–Trinajstić information content (AvgIpc) is 3.38. The molecule has 1 aromatic rings. The predicted octanol–water partition coefficient (Wildman–Crippen LogP) is 3.70. The van der Waals surface area contributed by atoms with Gasteiger partial charge in [-0.15, -0.1) is 0 Å². The van der Waals surface area contributed by atoms with Crippen LogP contribution in [0.3, 0.4) is 0 Å². The van der Waals surface area contributed by atoms with Gasteiger partial charge in [-0.3, -0.25) is 19.4 Å². The number of quaternary nitrogens is 1. The van der Waals surface area contributed by atoms with Crippen molar-refractivity contribution in [1.29, 1.82) is 0 Å². The Morgan fingerprint density at radius 2 is 1.79 bits per heavy atom. The second kappa shape index (κ2) is 12.5. The van der Waals surface area contributed by atoms with Crippen molar-refractivity contribution in [1.82, 2.24) is 15.6 Å². The van der Waals surface area contributed by atoms with Crippen LogP contribution in [-0.2, 0) is 14.3 Å². The van der Waals surface area contributed by atoms with Crippen LogP contribution in [0, 0.1) is 11.3 Å². The normalized spacial score (nSPS) is 27.3. The van der Waals surface area contributed by atoms with E-state index in [2.05, 4.69) is 33.8 Å². The number of nitrogens with one attached hydrogen (secondary N) is 2. The summed E-state index contributed by atoms with van der Waals surface area (Å²) < 4.78 is 7.12. The van der Waals surface area contributed by atoms with Crippen LogP contribution in [0.5, 0.6) is 0 Å². The molecule has 210 valence electrons. The fourth-order valence-electron chi connectivity index (χ4n) is 7.08. The zero-order valence-corrected chi connectivity index (χ0v) is 23.0. The maximum absolute atomic E-state index is 13.9. The number of hydrogen-bond acceptors (Lipinski definition) is 5. The molecule has 5 aliphatic rings. The maximum Gasteiger partial charge on any atom is 0.316 e. The summed E-state index contributed by atoms with van der Waals surface area (Å²) in [6, 6.07) is 5.23. The number of rotatable bonds is 10. The molecule has 2 bridgehead atoms. The number of fused-ring (bicyclic) bond motifs is 3. The smallest absolute Gasteiger partial charge is 0.316 e. The molecule has 3 aliphatic heterocycles. The van der Waals surface area contributed by atoms with Gasteiger partial charge in [0.15, 0.2) is 12.6 Å². The van der Waals surface area contributed by atoms with E-state index in [0.717, 1.165) is 64.6 Å². The lowest BCUT2D eigenvalue weighted by atomic mass is 9.73. The Morgan fingerprint density at radius 1 is 1.03 bits per heavy atom. The summed E-state index contributed by atoms with van der Waals surface area (Å²) in [7, 11) is 0. The van der Waals surface area contributed by atoms with Crippen LogP contribution >= 0.6 is 0 Å². The zero-order chi connectivity index (χ0) is 27.1. The third kappa shape index (κ3) is 6.43. The van der Waals surface area contributed by atoms with E-state index < -0.39 is 5.41 Å². The topological polar surface area (TPSA) is 97.4 Å². The molecule has 0 radical (unpaired) electrons. The highest BCUT2D eigenvalue weighted by Crippen LogP contribution is 2.46. The SMILES string of the molecule is O=C(C[N+]12CCC(CC1)[C@@H](OC(=O)C1(C3=CC=CC3)CCCCCC1)C2)NCCCNC(=O)c1ccccn1. The number of esters is 1. The molecule has 0 unspecified atom stereocenters. The van der Waals surface area contributed by atoms with Crippen molar-refractivity contribution in [3.05, 3.63) is 53.9 Å². The number of nitrogens with zero attached hydrogens (tertiary/aromatic N) is 2. The van der Waals surface area contributed by atoms with Crippen LogP contribution < -0.4 is 10.6 Å². The monoisotopic (exact) mass is 535 g/mol. The summed E-state index contributed by atoms with van der Waals surface area (Å²) in [6.07, 6.45) is 17.7. The molecule has 6 rings (SSSR count). The maximum atomic E-state index is 13.9. The Labute approximate surface area is 231 Å². The highest BCUT2D eigenvalue weighted by atomic mass is 16.5. The quantitative estimate of drug-likeness (QED) is 0.206. The van der Waals surface area contributed by atoms with Gasteiger partial charge in [0, 0.05) is 38.0 Å². The van der Waals surface area contributed by atoms with Crippen LogP contribution in [-0.4, -0.2) is 72.6 Å². The third-order valence-electron chi connectivity index (χ3n) is 9.37. The number of pyridine rings is 1. The highest BCUT2D eigenvalue weighted by Gasteiger charge is 2.51. The van der Waals surface area contributed by atoms with Crippen LogP contribution in [0.4, 0.5) is 0 Å². The number of allylic oxidation sites excluding steroid dienone is 3. The summed E-state index contributed by atoms with van der Waals surface area (Å²) in [5, 5.41) is 5.88. The van der Waals surface area contributed by atoms with E-state index in [1.54, 1.807) is 24.4 Å². The number of amides is 2. The Kier molecular flexibility index (Phi) is 8.80. The molecule has 0 spiro atoms. The minimum absolute atomic E-state index is 0.0200. The molecule has 4 fully saturated rings. The van der Waals surface area contributed by atoms with Gasteiger partial charge in [0.1, 0.15) is 12.2 Å². The van der Waals surface area contributed by atoms with Crippen molar-refractivity contribution < 1.29 is 23.6 Å². The van der Waals surface area contributed by atoms with Gasteiger partial charge < -0.3 is 19.9 Å². The molecular formula is C31H43N4O4+. The van der Waals surface area contributed by atoms with Crippen LogP contribution in [0.1, 0.15) is 74.7 Å². The molecule has 1 saturated carbocycles. The van der Waals surface area contributed by atoms with Crippen molar-refractivity contribution >= 4 is 17.8 Å². The predicted molar refractivity (Wildman–Crippen MR) is 149 cm³/mol. The fraction of sp³-hybridized carbons (Fsp3) is 0.613. The number of carbonyl (C=O) groups is 3. The van der Waals surface area contributed by atoms with Gasteiger partial charge in [0.05, 0.1) is 18.5 Å². The summed E-state index contributed by atoms with van der Waals surface area (Å²) in [5.41, 5.74) is 1.15. The number of aromatic nitrogens is 1. The minimum Gasteiger partial charge on any atom is -0.455 e. The molecule has 2 amide bonds. The van der Waals surface area contributed by atoms with E-state index in [1.165, 1.54) is 18.4 Å². The van der Waals surface area contributed by atoms with E-state index in [0.29, 0.717) is 42.1 Å². The van der Waals surface area contributed by atoms with E-state index in [1.807, 2.05) is 0 Å². The lowest BCUT2D eigenvalue weighted by Gasteiger charge is -2.52. The molecule has 4 heterocycles. The molecule has 8 heteroatoms. The summed E-state index contributed by atoms with van der Waals surface area (Å²) >= 11 is 0. The van der Waals surface area contributed by atoms with Crippen molar-refractivity contribution in [2.75, 3.05) is 39.3 Å². The number of hydrogen-bond donors (Lipinski definition) is 2. The average molecular weight is 536 g/mol. The zero-order valence-electron chi connectivity index (χ0n) is 23.0. The van der Waals surface area contributed by atoms with Crippen LogP contribution in [0.15, 0.2) is 48.2 Å². The molecule has 1 atom stereocenters. The number of piperidine rings is 3. The molecular weight excluding hydrogens is 492 g/mol. The first-order chi connectivity index (χ1) is 19.0. The first-order valence-electron chi connectivity index (χ1n) is 14.9. The molecule has 2 N–H and O–H groups in total. The standard InChI is InChI=1S/C31H42N4O4/c36-28(33-18-9-19-34-29(37)26-12-5-8-17-32-26)23-35-20-13-24(14-21-35)27(22-35)39-30(38)31(25-10-3-4-11-25)15-6-1-2-7-16-31/h3-5,8,10,12,17,24,27H,1-2,6-7,9,11,13-16,18-23H2,(H-,33,34,36,37)/p+1/t24?,27-,35?/m0/s1. The van der Waals surface area contributed by atoms with Crippen LogP contribution in [0.25, 0.3) is 0 Å². The van der Waals surface area contributed by atoms with Gasteiger partial charge in [0.25, 0.3) is 11.8 Å². The van der Waals surface area contributed by atoms with Gasteiger partial charge in [0.2, 0.25) is 0 Å². The van der Waals surface area contributed by atoms with Gasteiger partial charge in [-0.1, -0.05) is 50.0 Å². The minimum atomic E-state index is -0.472. The Balaban J connectivity index is 1.11. The highest BCUT2D eigenvalue weighted by molar-refractivity contribution is 5.92. The van der Waals surface area contributed by atoms with Crippen molar-refractivity contribution in [3.63, 3.8) is 0 Å². The van der Waals surface area contributed by atoms with Crippen LogP contribution in [0.2, 0.25) is 0 Å². The van der Waals surface area contributed by atoms with Crippen molar-refractivity contribution in [2.24, 2.45) is 11.3 Å². The summed E-state index contributed by atoms with van der Waals surface area (Å²) in [6.45, 7) is 4.06. The van der Waals surface area contributed by atoms with Crippen molar-refractivity contribution in [3.8, 4) is 0 Å². The third-order valence-corrected chi connectivity index (χ3v) is 9.37. The second-order valence-electron chi connectivity index (χ2n) is 11.9. The largest absolute Gasteiger partial charge is 0.455 e. The summed E-state index contributed by atoms with van der Waals surface area (Å²) in [5.74, 6) is 0.203. The van der Waals surface area contributed by atoms with E-state index in [-0.39, 0.29) is 23.9 Å². The Bertz CT molecular complexity index is 1080. The fourth-order valence-corrected chi connectivity index (χ4v) is 7.08. The van der Waals surface area contributed by atoms with Gasteiger partial charge >= 0.3 is 5.97 Å². The first-order valence-corrected chi connectivity index (χ1v) is 14.9. The van der Waals surface area contributed by atoms with Gasteiger partial charge in [-0.2, -0.15) is 0 Å². The van der Waals surface area contributed by atoms with E-state index >= 15 is 0 Å². The molecule has 3 saturated heterocycles. The lowest BCUT2D eigenvalue weighted by molar-refractivity contribution is -0.939. The van der Waals surface area contributed by atoms with Gasteiger partial charge in [-0.25, -0.2) is 0 Å². The van der Waals surface area contributed by atoms with Gasteiger partial charge in [-0.05, 0) is 43.4 Å². The van der Waals surface area contributed by atoms with Crippen molar-refractivity contribution in [2.45, 2.75) is 70.3 Å². The number of ether oxygens (including phenoxy) is 1. The molecule has 8 nitrogen and oxygen atoms in total. The first kappa shape index (κ1) is 27.6.